The van der Waals surface area contributed by atoms with Crippen LogP contribution in [0.3, 0.4) is 0 Å². The topological polar surface area (TPSA) is 73.7 Å². The van der Waals surface area contributed by atoms with Gasteiger partial charge < -0.3 is 15.1 Å². The van der Waals surface area contributed by atoms with Crippen molar-refractivity contribution in [3.8, 4) is 11.5 Å². The van der Waals surface area contributed by atoms with Gasteiger partial charge in [-0.15, -0.1) is 11.8 Å². The standard InChI is InChI=1S/C25H34N2O3S/c1-18(2)21-12-11-20(22(28)13-9-19-10-14-23(29)24(30)17-19)25(26-21)31-16-8-6-5-7-15-27(3)4/h9-14,17-18,29-30H,5-8,15-16H2,1-4H3. The van der Waals surface area contributed by atoms with E-state index >= 15 is 0 Å². The molecule has 0 saturated carbocycles. The van der Waals surface area contributed by atoms with E-state index in [4.69, 9.17) is 4.98 Å². The molecule has 1 heterocycles. The Bertz CT molecular complexity index is 894. The van der Waals surface area contributed by atoms with E-state index < -0.39 is 0 Å². The first-order valence-electron chi connectivity index (χ1n) is 10.8. The molecule has 0 fully saturated rings. The number of nitrogens with zero attached hydrogens (tertiary/aromatic N) is 2. The van der Waals surface area contributed by atoms with Gasteiger partial charge in [-0.3, -0.25) is 4.79 Å². The number of phenolic OH excluding ortho intramolecular Hbond substituents is 2. The van der Waals surface area contributed by atoms with Gasteiger partial charge >= 0.3 is 0 Å². The maximum absolute atomic E-state index is 12.9. The zero-order chi connectivity index (χ0) is 22.8. The lowest BCUT2D eigenvalue weighted by atomic mass is 10.1. The van der Waals surface area contributed by atoms with Gasteiger partial charge in [-0.1, -0.05) is 38.8 Å². The van der Waals surface area contributed by atoms with Crippen LogP contribution < -0.4 is 0 Å². The number of hydrogen-bond donors (Lipinski definition) is 2. The van der Waals surface area contributed by atoms with Gasteiger partial charge in [0.25, 0.3) is 0 Å². The smallest absolute Gasteiger partial charge is 0.188 e. The molecule has 2 rings (SSSR count). The Labute approximate surface area is 190 Å². The minimum absolute atomic E-state index is 0.121. The van der Waals surface area contributed by atoms with Crippen molar-refractivity contribution in [3.05, 3.63) is 53.2 Å². The molecule has 0 saturated heterocycles. The molecule has 0 atom stereocenters. The summed E-state index contributed by atoms with van der Waals surface area (Å²) >= 11 is 1.65. The number of carbonyl (C=O) groups is 1. The fourth-order valence-electron chi connectivity index (χ4n) is 3.03. The minimum Gasteiger partial charge on any atom is -0.504 e. The van der Waals surface area contributed by atoms with E-state index in [1.54, 1.807) is 23.9 Å². The fraction of sp³-hybridized carbons (Fsp3) is 0.440. The molecule has 0 amide bonds. The third-order valence-corrected chi connectivity index (χ3v) is 5.98. The van der Waals surface area contributed by atoms with Crippen LogP contribution in [0.4, 0.5) is 0 Å². The van der Waals surface area contributed by atoms with Crippen molar-refractivity contribution in [2.45, 2.75) is 50.5 Å². The molecule has 6 heteroatoms. The molecule has 0 radical (unpaired) electrons. The molecule has 5 nitrogen and oxygen atoms in total. The summed E-state index contributed by atoms with van der Waals surface area (Å²) in [6.45, 7) is 5.31. The Morgan fingerprint density at radius 1 is 1.06 bits per heavy atom. The Kier molecular flexibility index (Phi) is 10.1. The fourth-order valence-corrected chi connectivity index (χ4v) is 4.07. The van der Waals surface area contributed by atoms with Crippen molar-refractivity contribution < 1.29 is 15.0 Å². The van der Waals surface area contributed by atoms with Crippen LogP contribution in [0.5, 0.6) is 11.5 Å². The van der Waals surface area contributed by atoms with Crippen LogP contribution in [0, 0.1) is 0 Å². The molecule has 0 aliphatic rings. The highest BCUT2D eigenvalue weighted by Crippen LogP contribution is 2.27. The molecule has 31 heavy (non-hydrogen) atoms. The monoisotopic (exact) mass is 442 g/mol. The van der Waals surface area contributed by atoms with E-state index in [2.05, 4.69) is 32.8 Å². The summed E-state index contributed by atoms with van der Waals surface area (Å²) in [6, 6.07) is 8.25. The van der Waals surface area contributed by atoms with Gasteiger partial charge in [0.05, 0.1) is 5.56 Å². The normalized spacial score (nSPS) is 11.7. The number of hydrogen-bond acceptors (Lipinski definition) is 6. The first-order valence-corrected chi connectivity index (χ1v) is 11.8. The second-order valence-corrected chi connectivity index (χ2v) is 9.34. The number of ketones is 1. The van der Waals surface area contributed by atoms with E-state index in [1.165, 1.54) is 37.5 Å². The largest absolute Gasteiger partial charge is 0.504 e. The first-order chi connectivity index (χ1) is 14.8. The molecule has 0 bridgehead atoms. The number of aromatic hydroxyl groups is 2. The van der Waals surface area contributed by atoms with E-state index in [1.807, 2.05) is 12.1 Å². The predicted molar refractivity (Wildman–Crippen MR) is 129 cm³/mol. The zero-order valence-electron chi connectivity index (χ0n) is 19.0. The number of thioether (sulfide) groups is 1. The number of aromatic nitrogens is 1. The average Bonchev–Trinajstić information content (AvgIpc) is 2.73. The summed E-state index contributed by atoms with van der Waals surface area (Å²) in [5.41, 5.74) is 2.22. The number of phenols is 2. The molecule has 0 spiro atoms. The highest BCUT2D eigenvalue weighted by Gasteiger charge is 2.14. The molecule has 2 aromatic rings. The number of unbranched alkanes of at least 4 members (excludes halogenated alkanes) is 3. The summed E-state index contributed by atoms with van der Waals surface area (Å²) in [7, 11) is 4.20. The lowest BCUT2D eigenvalue weighted by Gasteiger charge is -2.11. The van der Waals surface area contributed by atoms with Crippen LogP contribution in [0.25, 0.3) is 6.08 Å². The van der Waals surface area contributed by atoms with Gasteiger partial charge in [-0.05, 0) is 81.1 Å². The maximum Gasteiger partial charge on any atom is 0.188 e. The van der Waals surface area contributed by atoms with Gasteiger partial charge in [0.2, 0.25) is 0 Å². The predicted octanol–water partition coefficient (Wildman–Crippen LogP) is 5.73. The summed E-state index contributed by atoms with van der Waals surface area (Å²) in [5.74, 6) is 0.720. The first kappa shape index (κ1) is 25.0. The van der Waals surface area contributed by atoms with Gasteiger partial charge in [-0.25, -0.2) is 4.98 Å². The second kappa shape index (κ2) is 12.5. The molecule has 1 aromatic carbocycles. The van der Waals surface area contributed by atoms with E-state index in [0.717, 1.165) is 29.4 Å². The Balaban J connectivity index is 2.04. The van der Waals surface area contributed by atoms with E-state index in [9.17, 15) is 15.0 Å². The molecule has 168 valence electrons. The van der Waals surface area contributed by atoms with Gasteiger partial charge in [0, 0.05) is 5.69 Å². The molecule has 0 unspecified atom stereocenters. The van der Waals surface area contributed by atoms with Crippen LogP contribution in [0.1, 0.15) is 67.1 Å². The Hall–Kier alpha value is -2.31. The van der Waals surface area contributed by atoms with Gasteiger partial charge in [0.15, 0.2) is 17.3 Å². The lowest BCUT2D eigenvalue weighted by molar-refractivity contribution is 0.104. The van der Waals surface area contributed by atoms with Gasteiger partial charge in [-0.2, -0.15) is 0 Å². The average molecular weight is 443 g/mol. The summed E-state index contributed by atoms with van der Waals surface area (Å²) in [5, 5.41) is 19.8. The second-order valence-electron chi connectivity index (χ2n) is 8.26. The van der Waals surface area contributed by atoms with Crippen LogP contribution in [-0.2, 0) is 0 Å². The van der Waals surface area contributed by atoms with Crippen molar-refractivity contribution in [2.24, 2.45) is 0 Å². The van der Waals surface area contributed by atoms with Crippen LogP contribution in [0.2, 0.25) is 0 Å². The Morgan fingerprint density at radius 2 is 1.81 bits per heavy atom. The SMILES string of the molecule is CC(C)c1ccc(C(=O)C=Cc2ccc(O)c(O)c2)c(SCCCCCCN(C)C)n1. The molecular formula is C25H34N2O3S. The third-order valence-electron chi connectivity index (χ3n) is 4.90. The number of benzene rings is 1. The highest BCUT2D eigenvalue weighted by atomic mass is 32.2. The van der Waals surface area contributed by atoms with Crippen LogP contribution in [0.15, 0.2) is 41.4 Å². The van der Waals surface area contributed by atoms with Crippen LogP contribution >= 0.6 is 11.8 Å². The Morgan fingerprint density at radius 3 is 2.48 bits per heavy atom. The molecule has 0 aliphatic heterocycles. The quantitative estimate of drug-likeness (QED) is 0.144. The maximum atomic E-state index is 12.9. The third kappa shape index (κ3) is 8.38. The van der Waals surface area contributed by atoms with Crippen LogP contribution in [-0.4, -0.2) is 52.3 Å². The van der Waals surface area contributed by atoms with E-state index in [-0.39, 0.29) is 17.3 Å². The molecule has 0 aliphatic carbocycles. The number of allylic oxidation sites excluding steroid dienone is 1. The van der Waals surface area contributed by atoms with Crippen molar-refractivity contribution in [3.63, 3.8) is 0 Å². The number of rotatable bonds is 12. The lowest BCUT2D eigenvalue weighted by Crippen LogP contribution is -2.12. The van der Waals surface area contributed by atoms with Crippen molar-refractivity contribution in [2.75, 3.05) is 26.4 Å². The van der Waals surface area contributed by atoms with Crippen molar-refractivity contribution >= 4 is 23.6 Å². The summed E-state index contributed by atoms with van der Waals surface area (Å²) in [6.07, 6.45) is 7.83. The molecule has 1 aromatic heterocycles. The minimum atomic E-state index is -0.209. The number of pyridine rings is 1. The molecular weight excluding hydrogens is 408 g/mol. The summed E-state index contributed by atoms with van der Waals surface area (Å²) < 4.78 is 0. The van der Waals surface area contributed by atoms with Crippen molar-refractivity contribution in [1.29, 1.82) is 0 Å². The van der Waals surface area contributed by atoms with E-state index in [0.29, 0.717) is 17.0 Å². The van der Waals surface area contributed by atoms with Gasteiger partial charge in [0.1, 0.15) is 5.03 Å². The van der Waals surface area contributed by atoms with Crippen molar-refractivity contribution in [1.82, 2.24) is 9.88 Å². The highest BCUT2D eigenvalue weighted by molar-refractivity contribution is 7.99. The summed E-state index contributed by atoms with van der Waals surface area (Å²) in [4.78, 5) is 19.8. The molecule has 2 N–H and O–H groups in total. The number of carbonyl (C=O) groups excluding carboxylic acids is 1. The zero-order valence-corrected chi connectivity index (χ0v) is 19.8.